The van der Waals surface area contributed by atoms with Crippen molar-refractivity contribution in [2.75, 3.05) is 56.4 Å². The summed E-state index contributed by atoms with van der Waals surface area (Å²) in [4.78, 5) is 0. The van der Waals surface area contributed by atoms with Crippen molar-refractivity contribution in [3.05, 3.63) is 47.5 Å². The van der Waals surface area contributed by atoms with Crippen molar-refractivity contribution in [3.63, 3.8) is 0 Å². The molecule has 0 saturated carbocycles. The van der Waals surface area contributed by atoms with Gasteiger partial charge in [-0.3, -0.25) is 0 Å². The fourth-order valence-electron chi connectivity index (χ4n) is 4.21. The molecule has 9 nitrogen and oxygen atoms in total. The van der Waals surface area contributed by atoms with E-state index >= 15 is 0 Å². The van der Waals surface area contributed by atoms with Gasteiger partial charge < -0.3 is 42.6 Å². The van der Waals surface area contributed by atoms with Crippen molar-refractivity contribution >= 4 is 12.2 Å². The highest BCUT2D eigenvalue weighted by Gasteiger charge is 2.48. The summed E-state index contributed by atoms with van der Waals surface area (Å²) in [6.45, 7) is 0.304. The molecule has 0 aromatic heterocycles. The normalized spacial score (nSPS) is 24.0. The molecular formula is C27H36O9. The number of rotatable bonds is 12. The molecule has 0 aliphatic carbocycles. The molecule has 36 heavy (non-hydrogen) atoms. The Labute approximate surface area is 212 Å². The largest absolute Gasteiger partial charge is 0.497 e. The van der Waals surface area contributed by atoms with E-state index < -0.39 is 30.7 Å². The summed E-state index contributed by atoms with van der Waals surface area (Å²) in [7, 11) is 11.2. The number of ether oxygens (including phenoxy) is 9. The van der Waals surface area contributed by atoms with E-state index in [0.29, 0.717) is 29.6 Å². The second-order valence-corrected chi connectivity index (χ2v) is 8.11. The maximum absolute atomic E-state index is 6.31. The smallest absolute Gasteiger partial charge is 0.229 e. The summed E-state index contributed by atoms with van der Waals surface area (Å²) in [6, 6.07) is 11.3. The van der Waals surface area contributed by atoms with Gasteiger partial charge in [0.05, 0.1) is 27.9 Å². The van der Waals surface area contributed by atoms with Crippen molar-refractivity contribution < 1.29 is 42.6 Å². The van der Waals surface area contributed by atoms with Gasteiger partial charge in [-0.15, -0.1) is 0 Å². The molecular weight excluding hydrogens is 468 g/mol. The molecule has 0 bridgehead atoms. The Balaban J connectivity index is 1.88. The minimum atomic E-state index is -0.790. The van der Waals surface area contributed by atoms with Crippen LogP contribution in [0.4, 0.5) is 0 Å². The van der Waals surface area contributed by atoms with E-state index in [1.807, 2.05) is 48.6 Å². The number of benzene rings is 2. The van der Waals surface area contributed by atoms with Crippen LogP contribution in [0.1, 0.15) is 11.1 Å². The minimum Gasteiger partial charge on any atom is -0.497 e. The SMILES string of the molecule is COCC1OC(Oc2cc(C=Cc3cc(OC)cc(OC)c3)ccc2OC)C(OC)C(OC)C1OC. The summed E-state index contributed by atoms with van der Waals surface area (Å²) in [6.07, 6.45) is 1.33. The van der Waals surface area contributed by atoms with Crippen LogP contribution in [0.5, 0.6) is 23.0 Å². The van der Waals surface area contributed by atoms with Gasteiger partial charge in [0.25, 0.3) is 0 Å². The van der Waals surface area contributed by atoms with Crippen LogP contribution < -0.4 is 18.9 Å². The van der Waals surface area contributed by atoms with Crippen molar-refractivity contribution in [1.29, 1.82) is 0 Å². The van der Waals surface area contributed by atoms with E-state index in [1.54, 1.807) is 49.8 Å². The summed E-state index contributed by atoms with van der Waals surface area (Å²) in [5, 5.41) is 0. The van der Waals surface area contributed by atoms with Crippen LogP contribution in [-0.2, 0) is 23.7 Å². The van der Waals surface area contributed by atoms with E-state index in [0.717, 1.165) is 11.1 Å². The molecule has 0 spiro atoms. The predicted octanol–water partition coefficient (Wildman–Crippen LogP) is 3.68. The third-order valence-corrected chi connectivity index (χ3v) is 6.01. The van der Waals surface area contributed by atoms with Crippen molar-refractivity contribution in [2.45, 2.75) is 30.7 Å². The highest BCUT2D eigenvalue weighted by atomic mass is 16.7. The third kappa shape index (κ3) is 6.48. The lowest BCUT2D eigenvalue weighted by atomic mass is 9.98. The van der Waals surface area contributed by atoms with Gasteiger partial charge in [0.2, 0.25) is 6.29 Å². The molecule has 5 atom stereocenters. The van der Waals surface area contributed by atoms with Crippen LogP contribution in [0, 0.1) is 0 Å². The lowest BCUT2D eigenvalue weighted by Crippen LogP contribution is -2.62. The van der Waals surface area contributed by atoms with E-state index in [1.165, 1.54) is 0 Å². The number of methoxy groups -OCH3 is 7. The van der Waals surface area contributed by atoms with Gasteiger partial charge in [0.1, 0.15) is 35.9 Å². The molecule has 5 unspecified atom stereocenters. The highest BCUT2D eigenvalue weighted by molar-refractivity contribution is 5.72. The Morgan fingerprint density at radius 3 is 1.86 bits per heavy atom. The summed E-state index contributed by atoms with van der Waals surface area (Å²) < 4.78 is 51.2. The Kier molecular flexibility index (Phi) is 10.4. The lowest BCUT2D eigenvalue weighted by molar-refractivity contribution is -0.292. The molecule has 2 aromatic carbocycles. The first kappa shape index (κ1) is 27.8. The topological polar surface area (TPSA) is 83.1 Å². The molecule has 1 saturated heterocycles. The zero-order valence-corrected chi connectivity index (χ0v) is 21.9. The molecule has 198 valence electrons. The fourth-order valence-corrected chi connectivity index (χ4v) is 4.21. The first-order valence-corrected chi connectivity index (χ1v) is 11.5. The van der Waals surface area contributed by atoms with Gasteiger partial charge in [0.15, 0.2) is 11.5 Å². The van der Waals surface area contributed by atoms with Gasteiger partial charge in [-0.2, -0.15) is 0 Å². The summed E-state index contributed by atoms with van der Waals surface area (Å²) in [5.74, 6) is 2.47. The van der Waals surface area contributed by atoms with Crippen LogP contribution in [0.25, 0.3) is 12.2 Å². The summed E-state index contributed by atoms with van der Waals surface area (Å²) in [5.41, 5.74) is 1.82. The van der Waals surface area contributed by atoms with Crippen molar-refractivity contribution in [2.24, 2.45) is 0 Å². The summed E-state index contributed by atoms with van der Waals surface area (Å²) >= 11 is 0. The third-order valence-electron chi connectivity index (χ3n) is 6.01. The molecule has 3 rings (SSSR count). The van der Waals surface area contributed by atoms with Crippen LogP contribution in [0.3, 0.4) is 0 Å². The van der Waals surface area contributed by atoms with Gasteiger partial charge in [-0.05, 0) is 35.4 Å². The van der Waals surface area contributed by atoms with Crippen LogP contribution in [0.15, 0.2) is 36.4 Å². The standard InChI is InChI=1S/C27H36O9/c1-28-16-23-24(32-5)25(33-6)26(34-7)27(36-23)35-22-14-17(10-11-21(22)31-4)8-9-18-12-19(29-2)15-20(13-18)30-3/h8-15,23-27H,16H2,1-7H3. The fraction of sp³-hybridized carbons (Fsp3) is 0.481. The number of hydrogen-bond acceptors (Lipinski definition) is 9. The van der Waals surface area contributed by atoms with E-state index in [4.69, 9.17) is 42.6 Å². The minimum absolute atomic E-state index is 0.304. The van der Waals surface area contributed by atoms with E-state index in [2.05, 4.69) is 0 Å². The Morgan fingerprint density at radius 1 is 0.667 bits per heavy atom. The molecule has 0 amide bonds. The molecule has 0 radical (unpaired) electrons. The lowest BCUT2D eigenvalue weighted by Gasteiger charge is -2.44. The molecule has 9 heteroatoms. The average molecular weight is 505 g/mol. The van der Waals surface area contributed by atoms with Crippen LogP contribution in [0.2, 0.25) is 0 Å². The molecule has 1 heterocycles. The first-order valence-electron chi connectivity index (χ1n) is 11.5. The molecule has 1 fully saturated rings. The second-order valence-electron chi connectivity index (χ2n) is 8.11. The maximum Gasteiger partial charge on any atom is 0.229 e. The van der Waals surface area contributed by atoms with Crippen LogP contribution in [-0.4, -0.2) is 87.1 Å². The van der Waals surface area contributed by atoms with Gasteiger partial charge in [0, 0.05) is 34.5 Å². The molecule has 0 N–H and O–H groups in total. The van der Waals surface area contributed by atoms with E-state index in [-0.39, 0.29) is 0 Å². The highest BCUT2D eigenvalue weighted by Crippen LogP contribution is 2.34. The maximum atomic E-state index is 6.31. The van der Waals surface area contributed by atoms with Gasteiger partial charge in [-0.25, -0.2) is 0 Å². The first-order chi connectivity index (χ1) is 17.5. The quantitative estimate of drug-likeness (QED) is 0.402. The molecule has 2 aromatic rings. The Hall–Kier alpha value is -2.82. The Morgan fingerprint density at radius 2 is 1.31 bits per heavy atom. The van der Waals surface area contributed by atoms with Crippen molar-refractivity contribution in [1.82, 2.24) is 0 Å². The van der Waals surface area contributed by atoms with E-state index in [9.17, 15) is 0 Å². The van der Waals surface area contributed by atoms with Gasteiger partial charge >= 0.3 is 0 Å². The van der Waals surface area contributed by atoms with Crippen LogP contribution >= 0.6 is 0 Å². The number of hydrogen-bond donors (Lipinski definition) is 0. The van der Waals surface area contributed by atoms with Crippen molar-refractivity contribution in [3.8, 4) is 23.0 Å². The average Bonchev–Trinajstić information content (AvgIpc) is 2.91. The zero-order valence-electron chi connectivity index (χ0n) is 21.9. The zero-order chi connectivity index (χ0) is 26.1. The monoisotopic (exact) mass is 504 g/mol. The molecule has 1 aliphatic rings. The Bertz CT molecular complexity index is 971. The molecule has 1 aliphatic heterocycles. The van der Waals surface area contributed by atoms with Gasteiger partial charge in [-0.1, -0.05) is 18.2 Å². The predicted molar refractivity (Wildman–Crippen MR) is 135 cm³/mol. The second kappa shape index (κ2) is 13.5.